The monoisotopic (exact) mass is 232 g/mol. The number of hydrogen-bond acceptors (Lipinski definition) is 3. The molecule has 0 atom stereocenters. The number of ether oxygens (including phenoxy) is 1. The van der Waals surface area contributed by atoms with E-state index in [1.54, 1.807) is 0 Å². The third-order valence-electron chi connectivity index (χ3n) is 1.95. The summed E-state index contributed by atoms with van der Waals surface area (Å²) in [6.45, 7) is 14.6. The molecule has 0 N–H and O–H groups in total. The molecule has 3 nitrogen and oxygen atoms in total. The van der Waals surface area contributed by atoms with Crippen LogP contribution in [0, 0.1) is 0 Å². The van der Waals surface area contributed by atoms with Crippen LogP contribution in [0.2, 0.25) is 12.6 Å². The predicted octanol–water partition coefficient (Wildman–Crippen LogP) is 2.72. The fraction of sp³-hybridized carbons (Fsp3) is 0.818. The molecule has 4 heteroatoms. The highest BCUT2D eigenvalue weighted by Crippen LogP contribution is 2.13. The zero-order valence-corrected chi connectivity index (χ0v) is 11.5. The van der Waals surface area contributed by atoms with Gasteiger partial charge in [-0.25, -0.2) is 0 Å². The van der Waals surface area contributed by atoms with Gasteiger partial charge in [0.05, 0.1) is 6.61 Å². The molecule has 0 saturated heterocycles. The molecule has 0 fully saturated rings. The van der Waals surface area contributed by atoms with Crippen molar-refractivity contribution in [3.63, 3.8) is 0 Å². The van der Waals surface area contributed by atoms with Crippen LogP contribution in [0.5, 0.6) is 0 Å². The van der Waals surface area contributed by atoms with Gasteiger partial charge in [-0.1, -0.05) is 12.2 Å². The first-order valence-electron chi connectivity index (χ1n) is 5.54. The van der Waals surface area contributed by atoms with Gasteiger partial charge in [0, 0.05) is 25.9 Å². The quantitative estimate of drug-likeness (QED) is 0.347. The lowest BCUT2D eigenvalue weighted by Crippen LogP contribution is -2.39. The summed E-state index contributed by atoms with van der Waals surface area (Å²) in [4.78, 5) is 0. The van der Waals surface area contributed by atoms with E-state index in [0.29, 0.717) is 26.4 Å². The number of rotatable bonds is 9. The van der Waals surface area contributed by atoms with E-state index in [1.165, 1.54) is 0 Å². The average molecular weight is 232 g/mol. The molecule has 0 aromatic rings. The molecule has 0 aliphatic carbocycles. The van der Waals surface area contributed by atoms with Gasteiger partial charge in [0.25, 0.3) is 0 Å². The lowest BCUT2D eigenvalue weighted by Gasteiger charge is -2.25. The van der Waals surface area contributed by atoms with E-state index in [2.05, 4.69) is 13.1 Å². The Morgan fingerprint density at radius 3 is 2.13 bits per heavy atom. The van der Waals surface area contributed by atoms with Crippen LogP contribution in [0.1, 0.15) is 20.8 Å². The SMILES string of the molecule is C=C(C)COCC[Si](C)(OCC)OCC. The fourth-order valence-electron chi connectivity index (χ4n) is 1.30. The van der Waals surface area contributed by atoms with E-state index < -0.39 is 8.56 Å². The Hall–Kier alpha value is -0.163. The van der Waals surface area contributed by atoms with Crippen molar-refractivity contribution < 1.29 is 13.6 Å². The first kappa shape index (κ1) is 14.8. The molecule has 15 heavy (non-hydrogen) atoms. The summed E-state index contributed by atoms with van der Waals surface area (Å²) in [5, 5.41) is 0. The van der Waals surface area contributed by atoms with Gasteiger partial charge in [0.15, 0.2) is 0 Å². The fourth-order valence-corrected chi connectivity index (χ4v) is 3.41. The molecule has 0 aromatic carbocycles. The van der Waals surface area contributed by atoms with Crippen LogP contribution < -0.4 is 0 Å². The maximum atomic E-state index is 5.69. The highest BCUT2D eigenvalue weighted by atomic mass is 28.4. The molecule has 0 aliphatic rings. The summed E-state index contributed by atoms with van der Waals surface area (Å²) < 4.78 is 16.8. The van der Waals surface area contributed by atoms with E-state index >= 15 is 0 Å². The molecule has 0 aromatic heterocycles. The Bertz CT molecular complexity index is 177. The van der Waals surface area contributed by atoms with Crippen LogP contribution in [0.3, 0.4) is 0 Å². The van der Waals surface area contributed by atoms with E-state index in [0.717, 1.165) is 11.6 Å². The van der Waals surface area contributed by atoms with E-state index in [-0.39, 0.29) is 0 Å². The van der Waals surface area contributed by atoms with Crippen molar-refractivity contribution >= 4 is 8.56 Å². The van der Waals surface area contributed by atoms with Gasteiger partial charge in [-0.15, -0.1) is 0 Å². The van der Waals surface area contributed by atoms with Crippen LogP contribution in [-0.4, -0.2) is 35.0 Å². The van der Waals surface area contributed by atoms with Crippen molar-refractivity contribution in [2.45, 2.75) is 33.4 Å². The summed E-state index contributed by atoms with van der Waals surface area (Å²) in [6.07, 6.45) is 0. The number of hydrogen-bond donors (Lipinski definition) is 0. The van der Waals surface area contributed by atoms with Crippen LogP contribution in [0.4, 0.5) is 0 Å². The van der Waals surface area contributed by atoms with Crippen molar-refractivity contribution in [3.8, 4) is 0 Å². The second-order valence-electron chi connectivity index (χ2n) is 3.76. The molecule has 0 bridgehead atoms. The van der Waals surface area contributed by atoms with Crippen LogP contribution in [0.25, 0.3) is 0 Å². The lowest BCUT2D eigenvalue weighted by atomic mass is 10.4. The first-order valence-corrected chi connectivity index (χ1v) is 8.06. The highest BCUT2D eigenvalue weighted by Gasteiger charge is 2.30. The normalized spacial score (nSPS) is 11.7. The second-order valence-corrected chi connectivity index (χ2v) is 7.10. The summed E-state index contributed by atoms with van der Waals surface area (Å²) in [5.74, 6) is 0. The topological polar surface area (TPSA) is 27.7 Å². The third kappa shape index (κ3) is 7.73. The summed E-state index contributed by atoms with van der Waals surface area (Å²) in [5.41, 5.74) is 1.05. The zero-order chi connectivity index (χ0) is 11.7. The van der Waals surface area contributed by atoms with E-state index in [4.69, 9.17) is 13.6 Å². The van der Waals surface area contributed by atoms with Crippen molar-refractivity contribution in [2.75, 3.05) is 26.4 Å². The van der Waals surface area contributed by atoms with Gasteiger partial charge in [-0.05, 0) is 27.3 Å². The largest absolute Gasteiger partial charge is 0.395 e. The van der Waals surface area contributed by atoms with Crippen LogP contribution in [0.15, 0.2) is 12.2 Å². The van der Waals surface area contributed by atoms with Crippen LogP contribution >= 0.6 is 0 Å². The average Bonchev–Trinajstić information content (AvgIpc) is 2.13. The van der Waals surface area contributed by atoms with E-state index in [1.807, 2.05) is 20.8 Å². The maximum absolute atomic E-state index is 5.69. The predicted molar refractivity (Wildman–Crippen MR) is 65.3 cm³/mol. The minimum absolute atomic E-state index is 0.628. The molecule has 90 valence electrons. The molecular weight excluding hydrogens is 208 g/mol. The molecule has 0 rings (SSSR count). The first-order chi connectivity index (χ1) is 7.04. The Morgan fingerprint density at radius 2 is 1.73 bits per heavy atom. The summed E-state index contributed by atoms with van der Waals surface area (Å²) in [7, 11) is -1.98. The molecule has 0 spiro atoms. The van der Waals surface area contributed by atoms with Gasteiger partial charge in [-0.3, -0.25) is 0 Å². The van der Waals surface area contributed by atoms with Crippen molar-refractivity contribution in [2.24, 2.45) is 0 Å². The van der Waals surface area contributed by atoms with E-state index in [9.17, 15) is 0 Å². The molecule has 0 aliphatic heterocycles. The minimum atomic E-state index is -1.98. The van der Waals surface area contributed by atoms with Crippen molar-refractivity contribution in [1.29, 1.82) is 0 Å². The second kappa shape index (κ2) is 8.04. The van der Waals surface area contributed by atoms with Gasteiger partial charge >= 0.3 is 8.56 Å². The Morgan fingerprint density at radius 1 is 1.20 bits per heavy atom. The summed E-state index contributed by atoms with van der Waals surface area (Å²) >= 11 is 0. The molecular formula is C11H24O3Si. The minimum Gasteiger partial charge on any atom is -0.395 e. The molecule has 0 saturated carbocycles. The lowest BCUT2D eigenvalue weighted by molar-refractivity contribution is 0.143. The van der Waals surface area contributed by atoms with Gasteiger partial charge < -0.3 is 13.6 Å². The van der Waals surface area contributed by atoms with Crippen molar-refractivity contribution in [3.05, 3.63) is 12.2 Å². The zero-order valence-electron chi connectivity index (χ0n) is 10.5. The smallest absolute Gasteiger partial charge is 0.337 e. The third-order valence-corrected chi connectivity index (χ3v) is 4.86. The maximum Gasteiger partial charge on any atom is 0.337 e. The van der Waals surface area contributed by atoms with Gasteiger partial charge in [-0.2, -0.15) is 0 Å². The van der Waals surface area contributed by atoms with Gasteiger partial charge in [0.1, 0.15) is 0 Å². The molecule has 0 radical (unpaired) electrons. The standard InChI is InChI=1S/C11H24O3Si/c1-6-13-15(5,14-7-2)9-8-12-10-11(3)4/h3,6-10H2,1-2,4-5H3. The molecule has 0 unspecified atom stereocenters. The molecule has 0 heterocycles. The molecule has 0 amide bonds. The Kier molecular flexibility index (Phi) is 7.96. The van der Waals surface area contributed by atoms with Gasteiger partial charge in [0.2, 0.25) is 0 Å². The van der Waals surface area contributed by atoms with Crippen molar-refractivity contribution in [1.82, 2.24) is 0 Å². The summed E-state index contributed by atoms with van der Waals surface area (Å²) in [6, 6.07) is 0.877. The Balaban J connectivity index is 3.79. The van der Waals surface area contributed by atoms with Crippen LogP contribution in [-0.2, 0) is 13.6 Å². The Labute approximate surface area is 94.7 Å². The highest BCUT2D eigenvalue weighted by molar-refractivity contribution is 6.66.